The molecule has 0 aromatic heterocycles. The maximum absolute atomic E-state index is 12.8. The Bertz CT molecular complexity index is 1340. The molecule has 0 bridgehead atoms. The molecule has 0 aliphatic rings. The van der Waals surface area contributed by atoms with Crippen LogP contribution in [0.3, 0.4) is 0 Å². The molecule has 4 aromatic rings. The van der Waals surface area contributed by atoms with E-state index in [0.29, 0.717) is 23.6 Å². The number of anilines is 1. The summed E-state index contributed by atoms with van der Waals surface area (Å²) < 4.78 is 6.79. The number of benzene rings is 4. The third-order valence-electron chi connectivity index (χ3n) is 4.88. The van der Waals surface area contributed by atoms with E-state index in [-0.39, 0.29) is 5.57 Å². The lowest BCUT2D eigenvalue weighted by molar-refractivity contribution is -0.112. The number of rotatable bonds is 6. The van der Waals surface area contributed by atoms with Crippen molar-refractivity contribution in [1.29, 1.82) is 5.26 Å². The first kappa shape index (κ1) is 21.4. The fraction of sp³-hybridized carbons (Fsp3) is 0.0370. The third-order valence-corrected chi connectivity index (χ3v) is 5.37. The monoisotopic (exact) mass is 482 g/mol. The molecule has 4 rings (SSSR count). The molecule has 0 radical (unpaired) electrons. The smallest absolute Gasteiger partial charge is 0.266 e. The van der Waals surface area contributed by atoms with Gasteiger partial charge in [-0.05, 0) is 52.7 Å². The average Bonchev–Trinajstić information content (AvgIpc) is 2.82. The van der Waals surface area contributed by atoms with E-state index in [2.05, 4.69) is 21.2 Å². The van der Waals surface area contributed by atoms with Crippen molar-refractivity contribution < 1.29 is 9.53 Å². The minimum Gasteiger partial charge on any atom is -0.488 e. The number of nitrogens with zero attached hydrogens (tertiary/aromatic N) is 1. The molecular formula is C27H19BrN2O2. The molecule has 0 aliphatic carbocycles. The van der Waals surface area contributed by atoms with Gasteiger partial charge in [-0.3, -0.25) is 4.79 Å². The summed E-state index contributed by atoms with van der Waals surface area (Å²) in [6.45, 7) is 0.383. The van der Waals surface area contributed by atoms with Crippen molar-refractivity contribution in [2.45, 2.75) is 6.61 Å². The lowest BCUT2D eigenvalue weighted by Gasteiger charge is -2.11. The molecule has 0 saturated heterocycles. The van der Waals surface area contributed by atoms with Gasteiger partial charge in [0, 0.05) is 15.7 Å². The molecule has 32 heavy (non-hydrogen) atoms. The summed E-state index contributed by atoms with van der Waals surface area (Å²) in [7, 11) is 0. The molecule has 156 valence electrons. The summed E-state index contributed by atoms with van der Waals surface area (Å²) in [6, 6.07) is 30.8. The summed E-state index contributed by atoms with van der Waals surface area (Å²) in [5.74, 6) is 0.111. The molecule has 0 atom stereocenters. The fourth-order valence-electron chi connectivity index (χ4n) is 3.27. The average molecular weight is 483 g/mol. The van der Waals surface area contributed by atoms with Crippen molar-refractivity contribution in [3.8, 4) is 11.8 Å². The number of hydrogen-bond acceptors (Lipinski definition) is 3. The Kier molecular flexibility index (Phi) is 6.64. The van der Waals surface area contributed by atoms with E-state index < -0.39 is 5.91 Å². The normalized spacial score (nSPS) is 11.1. The standard InChI is InChI=1S/C27H19BrN2O2/c28-24-11-13-26(32-18-19-6-2-1-3-7-19)22(15-24)14-23(17-29)27(31)30-25-12-10-20-8-4-5-9-21(20)16-25/h1-16H,18H2,(H,30,31)/b23-14+. The molecule has 4 nitrogen and oxygen atoms in total. The molecular weight excluding hydrogens is 464 g/mol. The van der Waals surface area contributed by atoms with E-state index >= 15 is 0 Å². The number of carbonyl (C=O) groups excluding carboxylic acids is 1. The number of carbonyl (C=O) groups is 1. The predicted molar refractivity (Wildman–Crippen MR) is 131 cm³/mol. The predicted octanol–water partition coefficient (Wildman–Crippen LogP) is 6.73. The van der Waals surface area contributed by atoms with Gasteiger partial charge in [0.25, 0.3) is 5.91 Å². The van der Waals surface area contributed by atoms with Crippen molar-refractivity contribution >= 4 is 44.4 Å². The molecule has 0 unspecified atom stereocenters. The topological polar surface area (TPSA) is 62.1 Å². The lowest BCUT2D eigenvalue weighted by Crippen LogP contribution is -2.13. The summed E-state index contributed by atoms with van der Waals surface area (Å²) >= 11 is 3.45. The van der Waals surface area contributed by atoms with Crippen LogP contribution in [0.1, 0.15) is 11.1 Å². The summed E-state index contributed by atoms with van der Waals surface area (Å²) in [6.07, 6.45) is 1.54. The van der Waals surface area contributed by atoms with Gasteiger partial charge in [0.1, 0.15) is 24.0 Å². The van der Waals surface area contributed by atoms with E-state index in [1.54, 1.807) is 6.08 Å². The second-order valence-corrected chi connectivity index (χ2v) is 8.06. The second kappa shape index (κ2) is 9.95. The van der Waals surface area contributed by atoms with Gasteiger partial charge >= 0.3 is 0 Å². The van der Waals surface area contributed by atoms with Gasteiger partial charge in [-0.2, -0.15) is 5.26 Å². The summed E-state index contributed by atoms with van der Waals surface area (Å²) in [4.78, 5) is 12.8. The Labute approximate surface area is 194 Å². The van der Waals surface area contributed by atoms with Gasteiger partial charge in [-0.25, -0.2) is 0 Å². The van der Waals surface area contributed by atoms with Gasteiger partial charge in [-0.1, -0.05) is 76.6 Å². The molecule has 0 spiro atoms. The fourth-order valence-corrected chi connectivity index (χ4v) is 3.65. The first-order chi connectivity index (χ1) is 15.6. The zero-order chi connectivity index (χ0) is 22.3. The van der Waals surface area contributed by atoms with Crippen LogP contribution in [0.25, 0.3) is 16.8 Å². The van der Waals surface area contributed by atoms with Crippen LogP contribution in [0.15, 0.2) is 101 Å². The maximum Gasteiger partial charge on any atom is 0.266 e. The van der Waals surface area contributed by atoms with Crippen LogP contribution in [-0.4, -0.2) is 5.91 Å². The Morgan fingerprint density at radius 2 is 1.69 bits per heavy atom. The van der Waals surface area contributed by atoms with Crippen LogP contribution < -0.4 is 10.1 Å². The third kappa shape index (κ3) is 5.23. The van der Waals surface area contributed by atoms with Crippen LogP contribution in [0, 0.1) is 11.3 Å². The lowest BCUT2D eigenvalue weighted by atomic mass is 10.1. The summed E-state index contributed by atoms with van der Waals surface area (Å²) in [5.41, 5.74) is 2.28. The minimum atomic E-state index is -0.475. The van der Waals surface area contributed by atoms with Gasteiger partial charge < -0.3 is 10.1 Å². The molecule has 0 fully saturated rings. The SMILES string of the molecule is N#C/C(=C\c1cc(Br)ccc1OCc1ccccc1)C(=O)Nc1ccc2ccccc2c1. The molecule has 1 amide bonds. The Balaban J connectivity index is 1.56. The highest BCUT2D eigenvalue weighted by atomic mass is 79.9. The second-order valence-electron chi connectivity index (χ2n) is 7.14. The number of nitriles is 1. The van der Waals surface area contributed by atoms with Crippen LogP contribution >= 0.6 is 15.9 Å². The highest BCUT2D eigenvalue weighted by Crippen LogP contribution is 2.27. The highest BCUT2D eigenvalue weighted by Gasteiger charge is 2.12. The number of amides is 1. The van der Waals surface area contributed by atoms with Gasteiger partial charge in [0.15, 0.2) is 0 Å². The van der Waals surface area contributed by atoms with Crippen LogP contribution in [0.2, 0.25) is 0 Å². The van der Waals surface area contributed by atoms with E-state index in [1.807, 2.05) is 97.1 Å². The van der Waals surface area contributed by atoms with Gasteiger partial charge in [0.2, 0.25) is 0 Å². The highest BCUT2D eigenvalue weighted by molar-refractivity contribution is 9.10. The zero-order valence-corrected chi connectivity index (χ0v) is 18.7. The van der Waals surface area contributed by atoms with E-state index in [4.69, 9.17) is 4.74 Å². The first-order valence-corrected chi connectivity index (χ1v) is 10.8. The van der Waals surface area contributed by atoms with Crippen LogP contribution in [0.4, 0.5) is 5.69 Å². The number of fused-ring (bicyclic) bond motifs is 1. The molecule has 0 aliphatic heterocycles. The zero-order valence-electron chi connectivity index (χ0n) is 17.1. The van der Waals surface area contributed by atoms with Crippen LogP contribution in [-0.2, 0) is 11.4 Å². The van der Waals surface area contributed by atoms with Crippen molar-refractivity contribution in [2.75, 3.05) is 5.32 Å². The van der Waals surface area contributed by atoms with Crippen LogP contribution in [0.5, 0.6) is 5.75 Å². The van der Waals surface area contributed by atoms with Crippen molar-refractivity contribution in [3.05, 3.63) is 112 Å². The Morgan fingerprint density at radius 3 is 2.47 bits per heavy atom. The van der Waals surface area contributed by atoms with E-state index in [1.165, 1.54) is 0 Å². The van der Waals surface area contributed by atoms with Crippen molar-refractivity contribution in [1.82, 2.24) is 0 Å². The first-order valence-electron chi connectivity index (χ1n) is 10.0. The number of nitrogens with one attached hydrogen (secondary N) is 1. The van der Waals surface area contributed by atoms with E-state index in [0.717, 1.165) is 20.8 Å². The number of hydrogen-bond donors (Lipinski definition) is 1. The molecule has 5 heteroatoms. The van der Waals surface area contributed by atoms with Crippen molar-refractivity contribution in [3.63, 3.8) is 0 Å². The molecule has 1 N–H and O–H groups in total. The number of halogens is 1. The van der Waals surface area contributed by atoms with Gasteiger partial charge in [-0.15, -0.1) is 0 Å². The van der Waals surface area contributed by atoms with Crippen molar-refractivity contribution in [2.24, 2.45) is 0 Å². The largest absolute Gasteiger partial charge is 0.488 e. The maximum atomic E-state index is 12.8. The molecule has 0 saturated carbocycles. The van der Waals surface area contributed by atoms with Gasteiger partial charge in [0.05, 0.1) is 0 Å². The van der Waals surface area contributed by atoms with E-state index in [9.17, 15) is 10.1 Å². The molecule has 0 heterocycles. The summed E-state index contributed by atoms with van der Waals surface area (Å²) in [5, 5.41) is 14.5. The molecule has 4 aromatic carbocycles. The Morgan fingerprint density at radius 1 is 0.938 bits per heavy atom. The minimum absolute atomic E-state index is 0.0131. The Hall–Kier alpha value is -3.88. The quantitative estimate of drug-likeness (QED) is 0.244. The number of ether oxygens (including phenoxy) is 1.